The molecule has 28 heavy (non-hydrogen) atoms. The number of carbonyl (C=O) groups is 2. The zero-order valence-electron chi connectivity index (χ0n) is 14.1. The third-order valence-electron chi connectivity index (χ3n) is 3.94. The smallest absolute Gasteiger partial charge is 0.477 e. The normalized spacial score (nSPS) is 11.4. The van der Waals surface area contributed by atoms with Crippen LogP contribution in [0.15, 0.2) is 59.4 Å². The van der Waals surface area contributed by atoms with Gasteiger partial charge in [0.1, 0.15) is 11.3 Å². The Hall–Kier alpha value is -3.62. The number of Topliss-reactive ketones (excluding diaryl/α,β-unsaturated/α-hetero) is 1. The molecule has 6 nitrogen and oxygen atoms in total. The van der Waals surface area contributed by atoms with Gasteiger partial charge in [-0.1, -0.05) is 18.2 Å². The van der Waals surface area contributed by atoms with Crippen LogP contribution in [0.4, 0.5) is 13.2 Å². The van der Waals surface area contributed by atoms with Crippen LogP contribution in [0.2, 0.25) is 0 Å². The van der Waals surface area contributed by atoms with Crippen molar-refractivity contribution in [2.24, 2.45) is 0 Å². The van der Waals surface area contributed by atoms with E-state index in [1.165, 1.54) is 6.07 Å². The highest BCUT2D eigenvalue weighted by Crippen LogP contribution is 2.23. The lowest BCUT2D eigenvalue weighted by Gasteiger charge is -2.12. The van der Waals surface area contributed by atoms with E-state index in [9.17, 15) is 32.7 Å². The molecule has 0 amide bonds. The van der Waals surface area contributed by atoms with Gasteiger partial charge in [-0.25, -0.2) is 4.79 Å². The van der Waals surface area contributed by atoms with Crippen molar-refractivity contribution in [1.29, 1.82) is 0 Å². The van der Waals surface area contributed by atoms with Gasteiger partial charge in [0.15, 0.2) is 5.78 Å². The third-order valence-corrected chi connectivity index (χ3v) is 3.94. The molecule has 9 heteroatoms. The number of rotatable bonds is 5. The monoisotopic (exact) mass is 391 g/mol. The van der Waals surface area contributed by atoms with Crippen LogP contribution in [-0.4, -0.2) is 27.8 Å². The molecule has 1 heterocycles. The van der Waals surface area contributed by atoms with Crippen LogP contribution in [-0.2, 0) is 6.54 Å². The van der Waals surface area contributed by atoms with Gasteiger partial charge in [-0.15, -0.1) is 13.2 Å². The van der Waals surface area contributed by atoms with Crippen LogP contribution >= 0.6 is 0 Å². The lowest BCUT2D eigenvalue weighted by Crippen LogP contribution is -2.29. The van der Waals surface area contributed by atoms with Crippen molar-refractivity contribution in [3.8, 4) is 5.75 Å². The van der Waals surface area contributed by atoms with E-state index in [-0.39, 0.29) is 5.56 Å². The molecule has 144 valence electrons. The highest BCUT2D eigenvalue weighted by molar-refractivity contribution is 5.98. The topological polar surface area (TPSA) is 85.6 Å². The molecule has 0 saturated carbocycles. The quantitative estimate of drug-likeness (QED) is 0.673. The number of carboxylic acid groups (broad SMARTS) is 1. The van der Waals surface area contributed by atoms with Crippen molar-refractivity contribution >= 4 is 22.7 Å². The first-order valence-corrected chi connectivity index (χ1v) is 7.90. The molecule has 0 bridgehead atoms. The van der Waals surface area contributed by atoms with Gasteiger partial charge in [-0.05, 0) is 41.8 Å². The standard InChI is InChI=1S/C19H12F3NO5/c20-19(21,22)28-13-7-5-11(6-8-13)16(24)10-23-15-4-2-1-3-12(15)9-14(17(23)25)18(26)27/h1-9H,10H2,(H,26,27). The number of benzene rings is 2. The maximum atomic E-state index is 12.5. The molecule has 2 aromatic carbocycles. The summed E-state index contributed by atoms with van der Waals surface area (Å²) in [6.07, 6.45) is -4.85. The van der Waals surface area contributed by atoms with Gasteiger partial charge in [0.25, 0.3) is 5.56 Å². The van der Waals surface area contributed by atoms with E-state index in [1.54, 1.807) is 24.3 Å². The van der Waals surface area contributed by atoms with Gasteiger partial charge in [-0.3, -0.25) is 14.2 Å². The minimum absolute atomic E-state index is 0.0474. The van der Waals surface area contributed by atoms with Crippen LogP contribution in [0.5, 0.6) is 5.75 Å². The number of hydrogen-bond acceptors (Lipinski definition) is 4. The SMILES string of the molecule is O=C(Cn1c(=O)c(C(=O)O)cc2ccccc21)c1ccc(OC(F)(F)F)cc1. The molecule has 0 spiro atoms. The summed E-state index contributed by atoms with van der Waals surface area (Å²) in [5.74, 6) is -2.49. The second-order valence-corrected chi connectivity index (χ2v) is 5.81. The number of aromatic nitrogens is 1. The number of ether oxygens (including phenoxy) is 1. The van der Waals surface area contributed by atoms with Gasteiger partial charge in [-0.2, -0.15) is 0 Å². The minimum atomic E-state index is -4.85. The number of pyridine rings is 1. The fourth-order valence-corrected chi connectivity index (χ4v) is 2.72. The number of carboxylic acids is 1. The first-order chi connectivity index (χ1) is 13.2. The summed E-state index contributed by atoms with van der Waals surface area (Å²) in [5.41, 5.74) is -0.925. The Balaban J connectivity index is 1.96. The number of nitrogens with zero attached hydrogens (tertiary/aromatic N) is 1. The number of hydrogen-bond donors (Lipinski definition) is 1. The zero-order valence-corrected chi connectivity index (χ0v) is 14.1. The van der Waals surface area contributed by atoms with Gasteiger partial charge in [0.05, 0.1) is 12.1 Å². The Morgan fingerprint density at radius 1 is 1.04 bits per heavy atom. The lowest BCUT2D eigenvalue weighted by molar-refractivity contribution is -0.274. The minimum Gasteiger partial charge on any atom is -0.477 e. The van der Waals surface area contributed by atoms with Crippen molar-refractivity contribution in [2.75, 3.05) is 0 Å². The fraction of sp³-hybridized carbons (Fsp3) is 0.105. The second kappa shape index (κ2) is 7.18. The average Bonchev–Trinajstić information content (AvgIpc) is 2.62. The van der Waals surface area contributed by atoms with E-state index in [0.717, 1.165) is 28.8 Å². The van der Waals surface area contributed by atoms with E-state index in [1.807, 2.05) is 0 Å². The molecule has 0 fully saturated rings. The van der Waals surface area contributed by atoms with E-state index in [0.29, 0.717) is 10.9 Å². The molecule has 3 rings (SSSR count). The summed E-state index contributed by atoms with van der Waals surface area (Å²) < 4.78 is 41.4. The molecule has 0 aliphatic carbocycles. The summed E-state index contributed by atoms with van der Waals surface area (Å²) in [7, 11) is 0. The fourth-order valence-electron chi connectivity index (χ4n) is 2.72. The van der Waals surface area contributed by atoms with Gasteiger partial charge >= 0.3 is 12.3 Å². The van der Waals surface area contributed by atoms with E-state index in [2.05, 4.69) is 4.74 Å². The predicted octanol–water partition coefficient (Wildman–Crippen LogP) is 3.48. The molecular formula is C19H12F3NO5. The molecule has 1 aromatic heterocycles. The molecule has 0 aliphatic rings. The van der Waals surface area contributed by atoms with Gasteiger partial charge in [0.2, 0.25) is 0 Å². The second-order valence-electron chi connectivity index (χ2n) is 5.81. The van der Waals surface area contributed by atoms with Crippen LogP contribution in [0.25, 0.3) is 10.9 Å². The van der Waals surface area contributed by atoms with Crippen molar-refractivity contribution in [3.05, 3.63) is 76.1 Å². The Bertz CT molecular complexity index is 1120. The molecule has 0 unspecified atom stereocenters. The maximum absolute atomic E-state index is 12.5. The third kappa shape index (κ3) is 4.03. The number of halogens is 3. The molecule has 0 aliphatic heterocycles. The summed E-state index contributed by atoms with van der Waals surface area (Å²) in [6.45, 7) is -0.472. The average molecular weight is 391 g/mol. The zero-order chi connectivity index (χ0) is 20.5. The van der Waals surface area contributed by atoms with Crippen LogP contribution in [0, 0.1) is 0 Å². The first-order valence-electron chi connectivity index (χ1n) is 7.90. The number of ketones is 1. The molecule has 0 radical (unpaired) electrons. The highest BCUT2D eigenvalue weighted by Gasteiger charge is 2.31. The van der Waals surface area contributed by atoms with Gasteiger partial charge < -0.3 is 9.84 Å². The molecule has 0 atom stereocenters. The summed E-state index contributed by atoms with van der Waals surface area (Å²) in [5, 5.41) is 9.68. The Morgan fingerprint density at radius 2 is 1.68 bits per heavy atom. The Kier molecular flexibility index (Phi) is 4.91. The number of aromatic carboxylic acids is 1. The molecule has 3 aromatic rings. The summed E-state index contributed by atoms with van der Waals surface area (Å²) in [4.78, 5) is 36.3. The summed E-state index contributed by atoms with van der Waals surface area (Å²) >= 11 is 0. The van der Waals surface area contributed by atoms with E-state index in [4.69, 9.17) is 0 Å². The number of carbonyl (C=O) groups excluding carboxylic acids is 1. The predicted molar refractivity (Wildman–Crippen MR) is 92.6 cm³/mol. The largest absolute Gasteiger partial charge is 0.573 e. The highest BCUT2D eigenvalue weighted by atomic mass is 19.4. The van der Waals surface area contributed by atoms with Crippen molar-refractivity contribution in [1.82, 2.24) is 4.57 Å². The number of para-hydroxylation sites is 1. The van der Waals surface area contributed by atoms with Crippen LogP contribution in [0.3, 0.4) is 0 Å². The Labute approximate surface area is 155 Å². The lowest BCUT2D eigenvalue weighted by atomic mass is 10.1. The molecule has 1 N–H and O–H groups in total. The van der Waals surface area contributed by atoms with Crippen LogP contribution < -0.4 is 10.3 Å². The number of alkyl halides is 3. The Morgan fingerprint density at radius 3 is 2.29 bits per heavy atom. The van der Waals surface area contributed by atoms with Crippen molar-refractivity contribution in [2.45, 2.75) is 12.9 Å². The number of fused-ring (bicyclic) bond motifs is 1. The van der Waals surface area contributed by atoms with Crippen molar-refractivity contribution < 1.29 is 32.6 Å². The van der Waals surface area contributed by atoms with Crippen molar-refractivity contribution in [3.63, 3.8) is 0 Å². The van der Waals surface area contributed by atoms with E-state index < -0.39 is 41.5 Å². The van der Waals surface area contributed by atoms with Gasteiger partial charge in [0, 0.05) is 5.56 Å². The maximum Gasteiger partial charge on any atom is 0.573 e. The molecular weight excluding hydrogens is 379 g/mol. The van der Waals surface area contributed by atoms with Crippen LogP contribution in [0.1, 0.15) is 20.7 Å². The van der Waals surface area contributed by atoms with E-state index >= 15 is 0 Å². The summed E-state index contributed by atoms with van der Waals surface area (Å²) in [6, 6.07) is 11.9. The first kappa shape index (κ1) is 19.2. The molecule has 0 saturated heterocycles.